The van der Waals surface area contributed by atoms with Crippen LogP contribution in [0.4, 0.5) is 16.2 Å². The molecule has 4 aliphatic rings. The van der Waals surface area contributed by atoms with Crippen molar-refractivity contribution in [1.29, 1.82) is 0 Å². The van der Waals surface area contributed by atoms with Gasteiger partial charge in [-0.1, -0.05) is 90.7 Å². The number of anilines is 1. The number of nitro benzene ring substituents is 1. The molecule has 13 nitrogen and oxygen atoms in total. The molecule has 2 saturated heterocycles. The minimum atomic E-state index is -2.07. The second-order valence-electron chi connectivity index (χ2n) is 15.8. The average molecular weight is 829 g/mol. The zero-order valence-corrected chi connectivity index (χ0v) is 33.3. The van der Waals surface area contributed by atoms with Gasteiger partial charge in [0.1, 0.15) is 29.9 Å². The van der Waals surface area contributed by atoms with E-state index in [1.807, 2.05) is 65.6 Å². The molecule has 3 N–H and O–H groups in total. The fraction of sp³-hybridized carbons (Fsp3) is 0.224. The molecule has 0 radical (unpaired) electrons. The molecule has 3 amide bonds. The van der Waals surface area contributed by atoms with Crippen LogP contribution in [-0.2, 0) is 35.9 Å². The van der Waals surface area contributed by atoms with Crippen molar-refractivity contribution in [2.75, 3.05) is 4.90 Å². The molecule has 1 aliphatic carbocycles. The number of benzene rings is 5. The quantitative estimate of drug-likeness (QED) is 0.0716. The Hall–Kier alpha value is -7.56. The molecule has 3 heterocycles. The summed E-state index contributed by atoms with van der Waals surface area (Å²) < 4.78 is 12.1. The van der Waals surface area contributed by atoms with Crippen molar-refractivity contribution in [1.82, 2.24) is 4.90 Å². The third-order valence-electron chi connectivity index (χ3n) is 12.3. The molecule has 9 rings (SSSR count). The van der Waals surface area contributed by atoms with Gasteiger partial charge in [-0.25, -0.2) is 9.69 Å². The summed E-state index contributed by atoms with van der Waals surface area (Å²) in [7, 11) is 0. The summed E-state index contributed by atoms with van der Waals surface area (Å²) in [6.07, 6.45) is 3.92. The number of fused-ring (bicyclic) bond motifs is 3. The zero-order valence-electron chi connectivity index (χ0n) is 33.3. The van der Waals surface area contributed by atoms with Gasteiger partial charge in [-0.2, -0.15) is 0 Å². The van der Waals surface area contributed by atoms with Crippen molar-refractivity contribution < 1.29 is 38.7 Å². The molecule has 2 fully saturated rings. The number of imide groups is 1. The van der Waals surface area contributed by atoms with Gasteiger partial charge in [-0.05, 0) is 102 Å². The maximum absolute atomic E-state index is 16.0. The lowest BCUT2D eigenvalue weighted by Gasteiger charge is -2.46. The number of esters is 1. The van der Waals surface area contributed by atoms with E-state index in [2.05, 4.69) is 17.9 Å². The number of carbonyl (C=O) groups is 4. The predicted molar refractivity (Wildman–Crippen MR) is 226 cm³/mol. The minimum Gasteiger partial charge on any atom is -0.508 e. The van der Waals surface area contributed by atoms with Crippen LogP contribution < -0.4 is 10.6 Å². The van der Waals surface area contributed by atoms with Crippen LogP contribution in [0, 0.1) is 27.9 Å². The number of ether oxygens (including phenoxy) is 2. The Morgan fingerprint density at radius 1 is 0.855 bits per heavy atom. The zero-order chi connectivity index (χ0) is 43.1. The summed E-state index contributed by atoms with van der Waals surface area (Å²) in [6, 6.07) is 31.6. The number of aromatic hydroxyl groups is 1. The topological polar surface area (TPSA) is 183 Å². The highest BCUT2D eigenvalue weighted by Crippen LogP contribution is 2.65. The number of allylic oxidation sites excluding steroid dienone is 2. The molecule has 0 saturated carbocycles. The Morgan fingerprint density at radius 2 is 1.55 bits per heavy atom. The van der Waals surface area contributed by atoms with E-state index in [-0.39, 0.29) is 29.3 Å². The van der Waals surface area contributed by atoms with E-state index >= 15 is 4.79 Å². The standard InChI is InChI=1S/C49H40N4O9/c50-45(55)40-42-46(56)62-43(34-14-8-3-9-15-34)41(33-12-6-2-7-13-33)52(42)44(35-21-25-37(54)26-22-35)49(40)38-28-31(17-16-30-10-4-1-5-11-30)20-27-39(38)51(47(49)57)48(58)61-29-32-18-23-36(24-19-32)53(59)60/h2-3,6-10,12-15,18-28,40-44,54H,1,4-5,11,29H2,(H2,50,55)/t40-,41-,42-,43+,44+,49-/m1/s1. The van der Waals surface area contributed by atoms with Crippen LogP contribution >= 0.6 is 0 Å². The highest BCUT2D eigenvalue weighted by Gasteiger charge is 2.75. The number of amides is 3. The molecule has 3 aliphatic heterocycles. The van der Waals surface area contributed by atoms with Gasteiger partial charge in [0, 0.05) is 17.7 Å². The van der Waals surface area contributed by atoms with Crippen molar-refractivity contribution in [3.8, 4) is 17.6 Å². The molecule has 0 unspecified atom stereocenters. The van der Waals surface area contributed by atoms with E-state index < -0.39 is 64.4 Å². The fourth-order valence-corrected chi connectivity index (χ4v) is 9.68. The number of carbonyl (C=O) groups excluding carboxylic acids is 4. The van der Waals surface area contributed by atoms with E-state index in [0.717, 1.165) is 36.2 Å². The van der Waals surface area contributed by atoms with Crippen LogP contribution in [-0.4, -0.2) is 44.8 Å². The third kappa shape index (κ3) is 6.74. The monoisotopic (exact) mass is 828 g/mol. The Balaban J connectivity index is 1.27. The molecular formula is C49H40N4O9. The predicted octanol–water partition coefficient (Wildman–Crippen LogP) is 7.64. The number of nitro groups is 1. The van der Waals surface area contributed by atoms with Gasteiger partial charge in [-0.15, -0.1) is 0 Å². The number of phenolic OH excluding ortho intramolecular Hbond substituents is 1. The highest BCUT2D eigenvalue weighted by atomic mass is 16.6. The van der Waals surface area contributed by atoms with Gasteiger partial charge >= 0.3 is 12.1 Å². The molecule has 1 spiro atoms. The number of rotatable bonds is 7. The van der Waals surface area contributed by atoms with Crippen LogP contribution in [0.25, 0.3) is 0 Å². The number of nitrogens with zero attached hydrogens (tertiary/aromatic N) is 3. The Morgan fingerprint density at radius 3 is 2.19 bits per heavy atom. The van der Waals surface area contributed by atoms with Gasteiger partial charge < -0.3 is 20.3 Å². The number of nitrogens with two attached hydrogens (primary N) is 1. The van der Waals surface area contributed by atoms with E-state index in [1.165, 1.54) is 36.4 Å². The van der Waals surface area contributed by atoms with Crippen LogP contribution in [0.3, 0.4) is 0 Å². The largest absolute Gasteiger partial charge is 0.508 e. The number of hydrogen-bond acceptors (Lipinski definition) is 10. The SMILES string of the molecule is NC(=O)[C@H]1[C@@H]2C(=O)O[C@@H](c3ccccc3)[C@@H](c3ccccc3)N2[C@@H](c2ccc(O)cc2)[C@]12C(=O)N(C(=O)OCc1ccc([N+](=O)[O-])cc1)c1ccc(C#CC3=CCCCC3)cc12. The van der Waals surface area contributed by atoms with Gasteiger partial charge in [0.15, 0.2) is 0 Å². The molecule has 0 aromatic heterocycles. The van der Waals surface area contributed by atoms with E-state index in [9.17, 15) is 29.6 Å². The Labute approximate surface area is 356 Å². The van der Waals surface area contributed by atoms with Crippen molar-refractivity contribution >= 4 is 35.3 Å². The lowest BCUT2D eigenvalue weighted by Crippen LogP contribution is -2.55. The molecular weight excluding hydrogens is 789 g/mol. The summed E-state index contributed by atoms with van der Waals surface area (Å²) in [5.74, 6) is 2.20. The van der Waals surface area contributed by atoms with Gasteiger partial charge in [0.25, 0.3) is 5.69 Å². The number of cyclic esters (lactones) is 1. The number of hydrogen-bond donors (Lipinski definition) is 2. The third-order valence-corrected chi connectivity index (χ3v) is 12.3. The lowest BCUT2D eigenvalue weighted by atomic mass is 9.65. The molecule has 5 aromatic rings. The van der Waals surface area contributed by atoms with Crippen LogP contribution in [0.5, 0.6) is 5.75 Å². The molecule has 6 atom stereocenters. The molecule has 62 heavy (non-hydrogen) atoms. The second kappa shape index (κ2) is 16.1. The van der Waals surface area contributed by atoms with Gasteiger partial charge in [0.2, 0.25) is 11.8 Å². The van der Waals surface area contributed by atoms with E-state index in [4.69, 9.17) is 15.2 Å². The van der Waals surface area contributed by atoms with Gasteiger partial charge in [0.05, 0.1) is 28.6 Å². The number of non-ortho nitro benzene ring substituents is 1. The first kappa shape index (κ1) is 39.9. The van der Waals surface area contributed by atoms with E-state index in [1.54, 1.807) is 30.3 Å². The average Bonchev–Trinajstić information content (AvgIpc) is 3.75. The molecule has 5 aromatic carbocycles. The summed E-state index contributed by atoms with van der Waals surface area (Å²) >= 11 is 0. The summed E-state index contributed by atoms with van der Waals surface area (Å²) in [5.41, 5.74) is 8.26. The maximum atomic E-state index is 16.0. The number of primary amides is 1. The normalized spacial score (nSPS) is 24.0. The van der Waals surface area contributed by atoms with Crippen molar-refractivity contribution in [3.05, 3.63) is 183 Å². The fourth-order valence-electron chi connectivity index (χ4n) is 9.68. The molecule has 0 bridgehead atoms. The van der Waals surface area contributed by atoms with E-state index in [0.29, 0.717) is 27.8 Å². The highest BCUT2D eigenvalue weighted by molar-refractivity contribution is 6.23. The Kier molecular flexibility index (Phi) is 10.4. The minimum absolute atomic E-state index is 0.0622. The number of phenols is 1. The molecule has 310 valence electrons. The summed E-state index contributed by atoms with van der Waals surface area (Å²) in [5, 5.41) is 21.8. The lowest BCUT2D eigenvalue weighted by molar-refractivity contribution is -0.384. The first-order valence-electron chi connectivity index (χ1n) is 20.3. The van der Waals surface area contributed by atoms with Crippen molar-refractivity contribution in [2.45, 2.75) is 61.9 Å². The maximum Gasteiger partial charge on any atom is 0.421 e. The van der Waals surface area contributed by atoms with Crippen molar-refractivity contribution in [3.63, 3.8) is 0 Å². The smallest absolute Gasteiger partial charge is 0.421 e. The second-order valence-corrected chi connectivity index (χ2v) is 15.8. The van der Waals surface area contributed by atoms with Crippen LogP contribution in [0.2, 0.25) is 0 Å². The van der Waals surface area contributed by atoms with Crippen LogP contribution in [0.15, 0.2) is 139 Å². The van der Waals surface area contributed by atoms with Crippen LogP contribution in [0.1, 0.15) is 77.3 Å². The van der Waals surface area contributed by atoms with Crippen molar-refractivity contribution in [2.24, 2.45) is 11.7 Å². The Bertz CT molecular complexity index is 2690. The summed E-state index contributed by atoms with van der Waals surface area (Å²) in [4.78, 5) is 73.1. The first-order chi connectivity index (χ1) is 30.1. The van der Waals surface area contributed by atoms with Gasteiger partial charge in [-0.3, -0.25) is 29.4 Å². The molecule has 13 heteroatoms. The summed E-state index contributed by atoms with van der Waals surface area (Å²) in [6.45, 7) is -0.349. The number of morpholine rings is 1. The first-order valence-corrected chi connectivity index (χ1v) is 20.3.